The molecule has 0 saturated heterocycles. The van der Waals surface area contributed by atoms with Crippen molar-refractivity contribution in [1.29, 1.82) is 0 Å². The number of fused-ring (bicyclic) bond motifs is 2. The maximum Gasteiger partial charge on any atom is 0.720 e. The molecule has 7 heteroatoms. The van der Waals surface area contributed by atoms with Crippen LogP contribution in [0, 0.1) is 13.8 Å². The Morgan fingerprint density at radius 1 is 1.15 bits per heavy atom. The number of allylic oxidation sites excluding steroid dienone is 2. The Kier molecular flexibility index (Phi) is 6.54. The monoisotopic (exact) mass is 510 g/mol. The Hall–Kier alpha value is -2.41. The van der Waals surface area contributed by atoms with E-state index in [4.69, 9.17) is 0 Å². The topological polar surface area (TPSA) is 37.0 Å². The standard InChI is InChI=1S/C26H30BBrFN3O/c1-7-21-15(3)25-24(19-9-11-20(12-10-19)30-23(33)13-28)26-16(4)22(8-2)18(6)32(26)27(29)14-31(25)17(21)5/h9-12H,7-8,13-14H2,1-6H3/p+1. The summed E-state index contributed by atoms with van der Waals surface area (Å²) in [5.74, 6) is -0.0917. The lowest BCUT2D eigenvalue weighted by molar-refractivity contribution is -0.333. The van der Waals surface area contributed by atoms with Crippen LogP contribution in [-0.2, 0) is 17.7 Å². The molecular weight excluding hydrogens is 480 g/mol. The van der Waals surface area contributed by atoms with E-state index in [1.165, 1.54) is 16.7 Å². The Balaban J connectivity index is 2.04. The van der Waals surface area contributed by atoms with Gasteiger partial charge in [0.25, 0.3) is 0 Å². The highest BCUT2D eigenvalue weighted by molar-refractivity contribution is 9.09. The van der Waals surface area contributed by atoms with Gasteiger partial charge >= 0.3 is 7.12 Å². The third-order valence-corrected chi connectivity index (χ3v) is 7.65. The number of amides is 1. The number of alkyl halides is 1. The van der Waals surface area contributed by atoms with Crippen LogP contribution in [0.3, 0.4) is 0 Å². The van der Waals surface area contributed by atoms with Gasteiger partial charge in [0.05, 0.1) is 16.6 Å². The smallest absolute Gasteiger partial charge is 0.341 e. The number of hydrogen-bond acceptors (Lipinski definition) is 1. The quantitative estimate of drug-likeness (QED) is 0.389. The summed E-state index contributed by atoms with van der Waals surface area (Å²) in [7, 11) is -1.14. The number of nitrogens with one attached hydrogen (secondary N) is 1. The molecule has 3 heterocycles. The number of nitrogens with zero attached hydrogens (tertiary/aromatic N) is 2. The first-order valence-electron chi connectivity index (χ1n) is 11.6. The molecule has 0 bridgehead atoms. The Morgan fingerprint density at radius 3 is 2.39 bits per heavy atom. The number of anilines is 1. The van der Waals surface area contributed by atoms with E-state index in [1.807, 2.05) is 35.7 Å². The first-order chi connectivity index (χ1) is 15.7. The summed E-state index contributed by atoms with van der Waals surface area (Å²) < 4.78 is 20.0. The van der Waals surface area contributed by atoms with Crippen LogP contribution in [0.1, 0.15) is 62.2 Å². The van der Waals surface area contributed by atoms with E-state index in [1.54, 1.807) is 0 Å². The van der Waals surface area contributed by atoms with Gasteiger partial charge < -0.3 is 9.88 Å². The van der Waals surface area contributed by atoms with Crippen molar-refractivity contribution >= 4 is 45.9 Å². The lowest BCUT2D eigenvalue weighted by Gasteiger charge is -2.14. The van der Waals surface area contributed by atoms with Gasteiger partial charge in [-0.25, -0.2) is 8.80 Å². The molecule has 0 spiro atoms. The fourth-order valence-corrected chi connectivity index (χ4v) is 5.78. The summed E-state index contributed by atoms with van der Waals surface area (Å²) >= 11 is 3.19. The van der Waals surface area contributed by atoms with Crippen molar-refractivity contribution in [2.75, 3.05) is 10.6 Å². The molecule has 0 radical (unpaired) electrons. The molecule has 4 rings (SSSR count). The zero-order valence-corrected chi connectivity index (χ0v) is 21.9. The van der Waals surface area contributed by atoms with Gasteiger partial charge in [-0.1, -0.05) is 41.9 Å². The van der Waals surface area contributed by atoms with E-state index >= 15 is 4.32 Å². The summed E-state index contributed by atoms with van der Waals surface area (Å²) in [5, 5.41) is 3.13. The third kappa shape index (κ3) is 3.74. The maximum atomic E-state index is 15.9. The van der Waals surface area contributed by atoms with Crippen molar-refractivity contribution in [3.8, 4) is 0 Å². The van der Waals surface area contributed by atoms with Crippen molar-refractivity contribution in [3.05, 3.63) is 69.2 Å². The number of halogens is 2. The SMILES string of the molecule is CCC1=C(C)C2=C(c3ccc(NC(=O)CBr)cc3)c3c(C)c(CC)c(C)n3CB(F)[N+]2=C1C. The van der Waals surface area contributed by atoms with E-state index in [2.05, 4.69) is 60.4 Å². The molecule has 0 aliphatic carbocycles. The summed E-state index contributed by atoms with van der Waals surface area (Å²) in [6.45, 7) is 12.7. The molecule has 4 nitrogen and oxygen atoms in total. The van der Waals surface area contributed by atoms with Gasteiger partial charge in [-0.2, -0.15) is 0 Å². The minimum absolute atomic E-state index is 0.0917. The van der Waals surface area contributed by atoms with Crippen molar-refractivity contribution in [2.24, 2.45) is 0 Å². The number of hydrogen-bond donors (Lipinski definition) is 1. The number of carbonyl (C=O) groups excluding carboxylic acids is 1. The van der Waals surface area contributed by atoms with Gasteiger partial charge in [0.1, 0.15) is 6.44 Å². The van der Waals surface area contributed by atoms with E-state index in [0.717, 1.165) is 58.0 Å². The number of rotatable bonds is 5. The maximum absolute atomic E-state index is 15.9. The number of aromatic nitrogens is 1. The van der Waals surface area contributed by atoms with Gasteiger partial charge in [-0.05, 0) is 62.4 Å². The molecule has 1 N–H and O–H groups in total. The van der Waals surface area contributed by atoms with Gasteiger partial charge in [-0.15, -0.1) is 0 Å². The van der Waals surface area contributed by atoms with E-state index in [0.29, 0.717) is 6.44 Å². The molecule has 2 aliphatic heterocycles. The molecule has 33 heavy (non-hydrogen) atoms. The second kappa shape index (κ2) is 9.09. The Labute approximate surface area is 204 Å². The second-order valence-corrected chi connectivity index (χ2v) is 9.39. The average Bonchev–Trinajstić information content (AvgIpc) is 3.11. The first-order valence-corrected chi connectivity index (χ1v) is 12.7. The van der Waals surface area contributed by atoms with Gasteiger partial charge in [0.15, 0.2) is 11.4 Å². The first kappa shape index (κ1) is 23.7. The van der Waals surface area contributed by atoms with Crippen LogP contribution in [0.5, 0.6) is 0 Å². The van der Waals surface area contributed by atoms with E-state index in [-0.39, 0.29) is 11.2 Å². The molecule has 172 valence electrons. The molecule has 1 aromatic heterocycles. The fraction of sp³-hybridized carbons (Fsp3) is 0.385. The van der Waals surface area contributed by atoms with E-state index < -0.39 is 7.12 Å². The van der Waals surface area contributed by atoms with Crippen LogP contribution >= 0.6 is 15.9 Å². The molecular formula is C26H31BBrFN3O+. The zero-order chi connectivity index (χ0) is 24.0. The normalized spacial score (nSPS) is 15.8. The van der Waals surface area contributed by atoms with Crippen molar-refractivity contribution in [3.63, 3.8) is 0 Å². The van der Waals surface area contributed by atoms with Gasteiger partial charge in [0.2, 0.25) is 5.91 Å². The highest BCUT2D eigenvalue weighted by Gasteiger charge is 2.48. The van der Waals surface area contributed by atoms with Crippen molar-refractivity contribution in [1.82, 2.24) is 4.57 Å². The number of carbonyl (C=O) groups is 1. The minimum Gasteiger partial charge on any atom is -0.341 e. The number of benzene rings is 1. The highest BCUT2D eigenvalue weighted by atomic mass is 79.9. The van der Waals surface area contributed by atoms with Gasteiger partial charge in [-0.3, -0.25) is 4.79 Å². The predicted octanol–water partition coefficient (Wildman–Crippen LogP) is 5.98. The van der Waals surface area contributed by atoms with Crippen molar-refractivity contribution < 1.29 is 13.6 Å². The van der Waals surface area contributed by atoms with Crippen LogP contribution in [-0.4, -0.2) is 33.1 Å². The molecule has 0 unspecified atom stereocenters. The van der Waals surface area contributed by atoms with Crippen molar-refractivity contribution in [2.45, 2.75) is 60.8 Å². The third-order valence-electron chi connectivity index (χ3n) is 7.14. The lowest BCUT2D eigenvalue weighted by Crippen LogP contribution is -2.32. The molecule has 2 aromatic rings. The van der Waals surface area contributed by atoms with Crippen LogP contribution in [0.4, 0.5) is 10.0 Å². The molecule has 1 amide bonds. The molecule has 2 aliphatic rings. The van der Waals surface area contributed by atoms with Crippen LogP contribution < -0.4 is 5.32 Å². The van der Waals surface area contributed by atoms with Gasteiger partial charge in [0, 0.05) is 29.5 Å². The largest absolute Gasteiger partial charge is 0.720 e. The highest BCUT2D eigenvalue weighted by Crippen LogP contribution is 2.42. The van der Waals surface area contributed by atoms with Crippen LogP contribution in [0.2, 0.25) is 0 Å². The summed E-state index contributed by atoms with van der Waals surface area (Å²) in [6, 6.07) is 7.92. The summed E-state index contributed by atoms with van der Waals surface area (Å²) in [5.41, 5.74) is 11.9. The molecule has 0 fully saturated rings. The molecule has 0 atom stereocenters. The van der Waals surface area contributed by atoms with Crippen LogP contribution in [0.25, 0.3) is 5.57 Å². The average molecular weight is 511 g/mol. The summed E-state index contributed by atoms with van der Waals surface area (Å²) in [4.78, 5) is 11.8. The van der Waals surface area contributed by atoms with Crippen LogP contribution in [0.15, 0.2) is 41.1 Å². The Bertz CT molecular complexity index is 1240. The molecule has 0 saturated carbocycles. The predicted molar refractivity (Wildman–Crippen MR) is 139 cm³/mol. The minimum atomic E-state index is -1.14. The fourth-order valence-electron chi connectivity index (χ4n) is 5.64. The Morgan fingerprint density at radius 2 is 1.82 bits per heavy atom. The summed E-state index contributed by atoms with van der Waals surface area (Å²) in [6.07, 6.45) is 2.09. The lowest BCUT2D eigenvalue weighted by atomic mass is 9.84. The zero-order valence-electron chi connectivity index (χ0n) is 20.3. The second-order valence-electron chi connectivity index (χ2n) is 8.83. The van der Waals surface area contributed by atoms with E-state index in [9.17, 15) is 4.79 Å². The molecule has 1 aromatic carbocycles.